The van der Waals surface area contributed by atoms with E-state index in [0.717, 1.165) is 25.7 Å². The van der Waals surface area contributed by atoms with Crippen molar-refractivity contribution in [1.82, 2.24) is 14.3 Å². The van der Waals surface area contributed by atoms with Crippen LogP contribution in [0.5, 0.6) is 0 Å². The van der Waals surface area contributed by atoms with E-state index in [0.29, 0.717) is 31.5 Å². The summed E-state index contributed by atoms with van der Waals surface area (Å²) in [7, 11) is 0. The lowest BCUT2D eigenvalue weighted by Gasteiger charge is -2.37. The molecule has 0 spiro atoms. The van der Waals surface area contributed by atoms with Gasteiger partial charge in [0, 0.05) is 30.5 Å². The smallest absolute Gasteiger partial charge is 0.253 e. The van der Waals surface area contributed by atoms with E-state index >= 15 is 0 Å². The molecule has 2 aromatic carbocycles. The van der Waals surface area contributed by atoms with Crippen molar-refractivity contribution in [2.45, 2.75) is 23.3 Å². The number of thiazole rings is 1. The van der Waals surface area contributed by atoms with E-state index in [9.17, 15) is 9.90 Å². The number of piperidine rings is 1. The summed E-state index contributed by atoms with van der Waals surface area (Å²) in [5.74, 6) is -0.00204. The molecule has 9 heteroatoms. The summed E-state index contributed by atoms with van der Waals surface area (Å²) in [5, 5.41) is 10.9. The Labute approximate surface area is 192 Å². The van der Waals surface area contributed by atoms with Crippen LogP contribution in [0.2, 0.25) is 0 Å². The molecule has 0 bridgehead atoms. The topological polar surface area (TPSA) is 78.4 Å². The average molecular weight is 469 g/mol. The van der Waals surface area contributed by atoms with Gasteiger partial charge in [-0.25, -0.2) is 9.36 Å². The van der Waals surface area contributed by atoms with Crippen molar-refractivity contribution >= 4 is 56.6 Å². The minimum absolute atomic E-state index is 0.00204. The van der Waals surface area contributed by atoms with Gasteiger partial charge in [0.15, 0.2) is 0 Å². The predicted molar refractivity (Wildman–Crippen MR) is 127 cm³/mol. The zero-order valence-corrected chi connectivity index (χ0v) is 19.0. The Hall–Kier alpha value is -2.46. The Morgan fingerprint density at radius 1 is 1.13 bits per heavy atom. The first-order chi connectivity index (χ1) is 15.1. The Kier molecular flexibility index (Phi) is 5.66. The number of anilines is 1. The number of carbonyl (C=O) groups excluding carboxylic acids is 1. The number of rotatable bonds is 5. The number of nitrogens with one attached hydrogen (secondary N) is 1. The number of para-hydroxylation sites is 1. The molecule has 2 N–H and O–H groups in total. The zero-order valence-electron chi connectivity index (χ0n) is 16.5. The molecular weight excluding hydrogens is 448 g/mol. The van der Waals surface area contributed by atoms with E-state index in [1.807, 2.05) is 52.9 Å². The van der Waals surface area contributed by atoms with Crippen LogP contribution in [0.1, 0.15) is 28.1 Å². The van der Waals surface area contributed by atoms with E-state index in [-0.39, 0.29) is 5.91 Å². The van der Waals surface area contributed by atoms with Gasteiger partial charge >= 0.3 is 0 Å². The third kappa shape index (κ3) is 4.18. The number of nitrogens with zero attached hydrogens (tertiary/aromatic N) is 3. The molecule has 0 unspecified atom stereocenters. The lowest BCUT2D eigenvalue weighted by Crippen LogP contribution is -2.44. The van der Waals surface area contributed by atoms with E-state index in [2.05, 4.69) is 20.1 Å². The molecule has 0 aliphatic carbocycles. The molecule has 0 atom stereocenters. The molecule has 2 aromatic heterocycles. The van der Waals surface area contributed by atoms with Gasteiger partial charge in [-0.05, 0) is 78.8 Å². The summed E-state index contributed by atoms with van der Waals surface area (Å²) in [5.41, 5.74) is 3.56. The normalized spacial score (nSPS) is 15.8. The van der Waals surface area contributed by atoms with Gasteiger partial charge in [0.05, 0.1) is 25.5 Å². The number of aromatic nitrogens is 2. The number of hydrogen-bond donors (Lipinski definition) is 2. The molecule has 3 heterocycles. The van der Waals surface area contributed by atoms with E-state index < -0.39 is 5.60 Å². The number of carbonyl (C=O) groups is 1. The quantitative estimate of drug-likeness (QED) is 0.402. The fraction of sp³-hybridized carbons (Fsp3) is 0.227. The van der Waals surface area contributed by atoms with Crippen molar-refractivity contribution in [2.24, 2.45) is 0 Å². The first kappa shape index (κ1) is 20.4. The summed E-state index contributed by atoms with van der Waals surface area (Å²) >= 11 is 4.47. The minimum atomic E-state index is -0.872. The van der Waals surface area contributed by atoms with Crippen LogP contribution >= 0.6 is 34.8 Å². The largest absolute Gasteiger partial charge is 0.384 e. The molecular formula is C22H20N4O2S3. The Morgan fingerprint density at radius 3 is 2.68 bits per heavy atom. The van der Waals surface area contributed by atoms with Crippen LogP contribution in [-0.2, 0) is 5.60 Å². The number of hydrogen-bond acceptors (Lipinski definition) is 8. The highest BCUT2D eigenvalue weighted by molar-refractivity contribution is 8.00. The fourth-order valence-electron chi connectivity index (χ4n) is 3.70. The molecule has 0 radical (unpaired) electrons. The van der Waals surface area contributed by atoms with Gasteiger partial charge in [-0.1, -0.05) is 6.07 Å². The highest BCUT2D eigenvalue weighted by Gasteiger charge is 2.36. The first-order valence-corrected chi connectivity index (χ1v) is 12.4. The van der Waals surface area contributed by atoms with Crippen molar-refractivity contribution < 1.29 is 9.90 Å². The van der Waals surface area contributed by atoms with Crippen molar-refractivity contribution in [2.75, 3.05) is 17.8 Å². The molecule has 6 nitrogen and oxygen atoms in total. The zero-order chi connectivity index (χ0) is 21.3. The van der Waals surface area contributed by atoms with E-state index in [1.165, 1.54) is 23.5 Å². The molecule has 158 valence electrons. The molecule has 1 aliphatic rings. The van der Waals surface area contributed by atoms with Crippen LogP contribution in [0.3, 0.4) is 0 Å². The monoisotopic (exact) mass is 468 g/mol. The van der Waals surface area contributed by atoms with Crippen LogP contribution < -0.4 is 4.72 Å². The first-order valence-electron chi connectivity index (χ1n) is 9.90. The summed E-state index contributed by atoms with van der Waals surface area (Å²) in [6.07, 6.45) is 2.76. The summed E-state index contributed by atoms with van der Waals surface area (Å²) in [6.45, 7) is 1.06. The minimum Gasteiger partial charge on any atom is -0.384 e. The second-order valence-corrected chi connectivity index (χ2v) is 10.0. The standard InChI is InChI=1S/C22H20N4O2S3/c27-21(26-12-9-22(28,10-13-26)19-8-11-24-31-19)15-4-6-16(7-5-15)25-30-18-3-1-2-17-20(18)23-14-29-17/h1-8,11,14,25,28H,9-10,12-13H2. The van der Waals surface area contributed by atoms with Crippen LogP contribution in [0, 0.1) is 0 Å². The highest BCUT2D eigenvalue weighted by Crippen LogP contribution is 2.35. The number of aliphatic hydroxyl groups is 1. The summed E-state index contributed by atoms with van der Waals surface area (Å²) in [6, 6.07) is 15.5. The van der Waals surface area contributed by atoms with Gasteiger partial charge in [0.25, 0.3) is 5.91 Å². The van der Waals surface area contributed by atoms with Gasteiger partial charge in [-0.3, -0.25) is 4.79 Å². The second-order valence-electron chi connectivity index (χ2n) is 7.44. The van der Waals surface area contributed by atoms with Crippen LogP contribution in [0.25, 0.3) is 10.2 Å². The lowest BCUT2D eigenvalue weighted by atomic mass is 9.89. The number of likely N-dealkylation sites (tertiary alicyclic amines) is 1. The molecule has 1 amide bonds. The van der Waals surface area contributed by atoms with Gasteiger partial charge in [0.2, 0.25) is 0 Å². The maximum absolute atomic E-state index is 12.9. The molecule has 1 saturated heterocycles. The second kappa shape index (κ2) is 8.58. The Balaban J connectivity index is 1.20. The molecule has 1 fully saturated rings. The molecule has 5 rings (SSSR count). The van der Waals surface area contributed by atoms with Crippen molar-refractivity contribution in [3.63, 3.8) is 0 Å². The average Bonchev–Trinajstić information content (AvgIpc) is 3.51. The number of benzene rings is 2. The van der Waals surface area contributed by atoms with Gasteiger partial charge in [0.1, 0.15) is 5.60 Å². The lowest BCUT2D eigenvalue weighted by molar-refractivity contribution is -0.0183. The summed E-state index contributed by atoms with van der Waals surface area (Å²) < 4.78 is 8.59. The van der Waals surface area contributed by atoms with Crippen LogP contribution in [0.4, 0.5) is 5.69 Å². The van der Waals surface area contributed by atoms with Crippen molar-refractivity contribution in [1.29, 1.82) is 0 Å². The van der Waals surface area contributed by atoms with Gasteiger partial charge < -0.3 is 14.7 Å². The maximum Gasteiger partial charge on any atom is 0.253 e. The fourth-order valence-corrected chi connectivity index (χ4v) is 5.97. The van der Waals surface area contributed by atoms with Crippen molar-refractivity contribution in [3.8, 4) is 0 Å². The van der Waals surface area contributed by atoms with Gasteiger partial charge in [-0.2, -0.15) is 0 Å². The third-order valence-electron chi connectivity index (χ3n) is 5.51. The summed E-state index contributed by atoms with van der Waals surface area (Å²) in [4.78, 5) is 21.1. The third-order valence-corrected chi connectivity index (χ3v) is 8.13. The Morgan fingerprint density at radius 2 is 1.94 bits per heavy atom. The SMILES string of the molecule is O=C(c1ccc(NSc2cccc3scnc23)cc1)N1CCC(O)(c2ccns2)CC1. The number of amides is 1. The van der Waals surface area contributed by atoms with Gasteiger partial charge in [-0.15, -0.1) is 11.3 Å². The molecule has 4 aromatic rings. The maximum atomic E-state index is 12.9. The Bertz CT molecular complexity index is 1180. The highest BCUT2D eigenvalue weighted by atomic mass is 32.2. The van der Waals surface area contributed by atoms with Crippen LogP contribution in [0.15, 0.2) is 65.1 Å². The predicted octanol–water partition coefficient (Wildman–Crippen LogP) is 5.00. The molecule has 1 aliphatic heterocycles. The number of fused-ring (bicyclic) bond motifs is 1. The van der Waals surface area contributed by atoms with E-state index in [1.54, 1.807) is 17.5 Å². The molecule has 31 heavy (non-hydrogen) atoms. The van der Waals surface area contributed by atoms with Crippen LogP contribution in [-0.4, -0.2) is 38.4 Å². The van der Waals surface area contributed by atoms with E-state index in [4.69, 9.17) is 0 Å². The molecule has 0 saturated carbocycles. The van der Waals surface area contributed by atoms with Crippen molar-refractivity contribution in [3.05, 3.63) is 70.7 Å².